The summed E-state index contributed by atoms with van der Waals surface area (Å²) in [6.07, 6.45) is 5.64. The summed E-state index contributed by atoms with van der Waals surface area (Å²) in [6, 6.07) is 9.81. The van der Waals surface area contributed by atoms with Crippen LogP contribution >= 0.6 is 0 Å². The highest BCUT2D eigenvalue weighted by molar-refractivity contribution is 5.83. The van der Waals surface area contributed by atoms with Crippen molar-refractivity contribution < 1.29 is 19.1 Å². The largest absolute Gasteiger partial charge is 0.468 e. The van der Waals surface area contributed by atoms with E-state index in [1.165, 1.54) is 7.11 Å². The van der Waals surface area contributed by atoms with E-state index in [1.807, 2.05) is 30.3 Å². The van der Waals surface area contributed by atoms with Gasteiger partial charge in [-0.25, -0.2) is 4.79 Å². The standard InChI is InChI=1S/C25H35NO4/c1-17-13-19-15-18(2)16-20(14-17)22(19)30-24(28)26-11-9-25(10-12-26,23(27)29-3)21-7-5-4-6-8-21/h4-8,17-20,22H,9-16H2,1-3H3. The van der Waals surface area contributed by atoms with E-state index in [0.29, 0.717) is 37.8 Å². The number of methoxy groups -OCH3 is 1. The number of ether oxygens (including phenoxy) is 2. The number of hydrogen-bond acceptors (Lipinski definition) is 4. The summed E-state index contributed by atoms with van der Waals surface area (Å²) in [5.41, 5.74) is 0.286. The van der Waals surface area contributed by atoms with Crippen molar-refractivity contribution >= 4 is 12.1 Å². The summed E-state index contributed by atoms with van der Waals surface area (Å²) in [6.45, 7) is 5.68. The Bertz CT molecular complexity index is 726. The number of esters is 1. The van der Waals surface area contributed by atoms with Gasteiger partial charge < -0.3 is 14.4 Å². The molecule has 1 heterocycles. The molecule has 1 aliphatic heterocycles. The molecule has 4 rings (SSSR count). The molecule has 164 valence electrons. The average Bonchev–Trinajstić information content (AvgIpc) is 2.74. The number of piperidine rings is 1. The Balaban J connectivity index is 1.42. The van der Waals surface area contributed by atoms with Gasteiger partial charge in [0.2, 0.25) is 0 Å². The molecule has 3 fully saturated rings. The lowest BCUT2D eigenvalue weighted by Crippen LogP contribution is -2.52. The molecule has 1 amide bonds. The maximum Gasteiger partial charge on any atom is 0.410 e. The third kappa shape index (κ3) is 3.95. The molecule has 0 atom stereocenters. The van der Waals surface area contributed by atoms with Crippen molar-refractivity contribution in [2.24, 2.45) is 23.7 Å². The number of amides is 1. The molecule has 0 aromatic heterocycles. The Morgan fingerprint density at radius 2 is 1.47 bits per heavy atom. The van der Waals surface area contributed by atoms with Crippen molar-refractivity contribution in [3.63, 3.8) is 0 Å². The van der Waals surface area contributed by atoms with Gasteiger partial charge in [-0.05, 0) is 67.8 Å². The van der Waals surface area contributed by atoms with E-state index in [4.69, 9.17) is 9.47 Å². The van der Waals surface area contributed by atoms with Crippen LogP contribution in [0, 0.1) is 23.7 Å². The number of benzene rings is 1. The molecular weight excluding hydrogens is 378 g/mol. The second-order valence-corrected chi connectivity index (χ2v) is 9.95. The molecule has 1 aromatic carbocycles. The number of hydrogen-bond donors (Lipinski definition) is 0. The molecule has 0 unspecified atom stereocenters. The summed E-state index contributed by atoms with van der Waals surface area (Å²) < 4.78 is 11.3. The van der Waals surface area contributed by atoms with Crippen LogP contribution in [0.15, 0.2) is 30.3 Å². The van der Waals surface area contributed by atoms with Crippen LogP contribution in [0.1, 0.15) is 57.9 Å². The van der Waals surface area contributed by atoms with Crippen molar-refractivity contribution in [2.75, 3.05) is 20.2 Å². The van der Waals surface area contributed by atoms with E-state index in [0.717, 1.165) is 43.1 Å². The monoisotopic (exact) mass is 413 g/mol. The molecule has 5 nitrogen and oxygen atoms in total. The fraction of sp³-hybridized carbons (Fsp3) is 0.680. The zero-order chi connectivity index (χ0) is 21.3. The van der Waals surface area contributed by atoms with Crippen LogP contribution in [0.3, 0.4) is 0 Å². The van der Waals surface area contributed by atoms with Gasteiger partial charge in [-0.1, -0.05) is 44.2 Å². The van der Waals surface area contributed by atoms with E-state index in [1.54, 1.807) is 4.90 Å². The highest BCUT2D eigenvalue weighted by Crippen LogP contribution is 2.46. The normalized spacial score (nSPS) is 32.9. The molecule has 0 N–H and O–H groups in total. The van der Waals surface area contributed by atoms with Crippen LogP contribution < -0.4 is 0 Å². The molecule has 3 aliphatic rings. The maximum absolute atomic E-state index is 13.0. The van der Waals surface area contributed by atoms with Gasteiger partial charge in [0, 0.05) is 13.1 Å². The van der Waals surface area contributed by atoms with Crippen LogP contribution in [0.2, 0.25) is 0 Å². The number of fused-ring (bicyclic) bond motifs is 2. The Morgan fingerprint density at radius 3 is 1.97 bits per heavy atom. The summed E-state index contributed by atoms with van der Waals surface area (Å²) in [5.74, 6) is 2.23. The fourth-order valence-electron chi connectivity index (χ4n) is 6.39. The molecule has 5 heteroatoms. The number of carbonyl (C=O) groups excluding carboxylic acids is 2. The van der Waals surface area contributed by atoms with Gasteiger partial charge in [0.1, 0.15) is 6.10 Å². The van der Waals surface area contributed by atoms with Gasteiger partial charge in [0.05, 0.1) is 12.5 Å². The Hall–Kier alpha value is -2.04. The lowest BCUT2D eigenvalue weighted by Gasteiger charge is -2.47. The minimum absolute atomic E-state index is 0.0614. The second kappa shape index (κ2) is 8.60. The van der Waals surface area contributed by atoms with E-state index in [2.05, 4.69) is 13.8 Å². The second-order valence-electron chi connectivity index (χ2n) is 9.95. The zero-order valence-corrected chi connectivity index (χ0v) is 18.5. The van der Waals surface area contributed by atoms with Gasteiger partial charge in [-0.15, -0.1) is 0 Å². The van der Waals surface area contributed by atoms with E-state index in [-0.39, 0.29) is 18.2 Å². The predicted molar refractivity (Wildman–Crippen MR) is 115 cm³/mol. The Labute approximate surface area is 180 Å². The number of nitrogens with zero attached hydrogens (tertiary/aromatic N) is 1. The highest BCUT2D eigenvalue weighted by atomic mass is 16.6. The molecular formula is C25H35NO4. The summed E-state index contributed by atoms with van der Waals surface area (Å²) >= 11 is 0. The molecule has 2 bridgehead atoms. The average molecular weight is 414 g/mol. The van der Waals surface area contributed by atoms with E-state index in [9.17, 15) is 9.59 Å². The first-order chi connectivity index (χ1) is 14.4. The van der Waals surface area contributed by atoms with Gasteiger partial charge >= 0.3 is 12.1 Å². The smallest absolute Gasteiger partial charge is 0.410 e. The Morgan fingerprint density at radius 1 is 0.933 bits per heavy atom. The molecule has 0 spiro atoms. The fourth-order valence-corrected chi connectivity index (χ4v) is 6.39. The van der Waals surface area contributed by atoms with Gasteiger partial charge in [0.25, 0.3) is 0 Å². The van der Waals surface area contributed by atoms with E-state index >= 15 is 0 Å². The lowest BCUT2D eigenvalue weighted by atomic mass is 9.63. The molecule has 1 saturated heterocycles. The van der Waals surface area contributed by atoms with Crippen molar-refractivity contribution in [3.05, 3.63) is 35.9 Å². The van der Waals surface area contributed by atoms with Crippen LogP contribution in [-0.4, -0.2) is 43.3 Å². The van der Waals surface area contributed by atoms with Crippen LogP contribution in [0.4, 0.5) is 4.79 Å². The first-order valence-electron chi connectivity index (χ1n) is 11.5. The number of rotatable bonds is 3. The van der Waals surface area contributed by atoms with Crippen molar-refractivity contribution in [1.29, 1.82) is 0 Å². The topological polar surface area (TPSA) is 55.8 Å². The minimum atomic E-state index is -0.682. The van der Waals surface area contributed by atoms with E-state index < -0.39 is 5.41 Å². The quantitative estimate of drug-likeness (QED) is 0.669. The van der Waals surface area contributed by atoms with Crippen LogP contribution in [0.25, 0.3) is 0 Å². The van der Waals surface area contributed by atoms with Gasteiger partial charge in [0.15, 0.2) is 0 Å². The summed E-state index contributed by atoms with van der Waals surface area (Å²) in [5, 5.41) is 0. The highest BCUT2D eigenvalue weighted by Gasteiger charge is 2.47. The minimum Gasteiger partial charge on any atom is -0.468 e. The maximum atomic E-state index is 13.0. The molecule has 0 radical (unpaired) electrons. The summed E-state index contributed by atoms with van der Waals surface area (Å²) in [4.78, 5) is 27.5. The number of likely N-dealkylation sites (tertiary alicyclic amines) is 1. The van der Waals surface area contributed by atoms with Gasteiger partial charge in [-0.2, -0.15) is 0 Å². The third-order valence-electron chi connectivity index (χ3n) is 7.76. The predicted octanol–water partition coefficient (Wildman–Crippen LogP) is 4.79. The first-order valence-corrected chi connectivity index (χ1v) is 11.5. The van der Waals surface area contributed by atoms with Crippen LogP contribution in [-0.2, 0) is 19.7 Å². The first kappa shape index (κ1) is 21.2. The van der Waals surface area contributed by atoms with Gasteiger partial charge in [-0.3, -0.25) is 4.79 Å². The van der Waals surface area contributed by atoms with Crippen LogP contribution in [0.5, 0.6) is 0 Å². The number of carbonyl (C=O) groups is 2. The summed E-state index contributed by atoms with van der Waals surface area (Å²) in [7, 11) is 1.44. The molecule has 2 aliphatic carbocycles. The van der Waals surface area contributed by atoms with Crippen molar-refractivity contribution in [3.8, 4) is 0 Å². The molecule has 2 saturated carbocycles. The third-order valence-corrected chi connectivity index (χ3v) is 7.76. The lowest BCUT2D eigenvalue weighted by molar-refractivity contribution is -0.149. The molecule has 1 aromatic rings. The SMILES string of the molecule is COC(=O)C1(c2ccccc2)CCN(C(=O)OC2C3CC(C)CC2CC(C)C3)CC1. The molecule has 30 heavy (non-hydrogen) atoms. The Kier molecular flexibility index (Phi) is 6.08. The zero-order valence-electron chi connectivity index (χ0n) is 18.5. The van der Waals surface area contributed by atoms with Crippen molar-refractivity contribution in [2.45, 2.75) is 63.9 Å². The van der Waals surface area contributed by atoms with Crippen molar-refractivity contribution in [1.82, 2.24) is 4.90 Å².